The number of nitrogens with one attached hydrogen (secondary N) is 1. The summed E-state index contributed by atoms with van der Waals surface area (Å²) in [6, 6.07) is 18.7. The van der Waals surface area contributed by atoms with Crippen molar-refractivity contribution in [3.63, 3.8) is 0 Å². The highest BCUT2D eigenvalue weighted by molar-refractivity contribution is 5.79. The third-order valence-corrected chi connectivity index (χ3v) is 5.46. The van der Waals surface area contributed by atoms with Crippen molar-refractivity contribution in [3.05, 3.63) is 60.2 Å². The van der Waals surface area contributed by atoms with Gasteiger partial charge in [0.1, 0.15) is 0 Å². The molecule has 2 aromatic rings. The van der Waals surface area contributed by atoms with Gasteiger partial charge in [-0.25, -0.2) is 0 Å². The summed E-state index contributed by atoms with van der Waals surface area (Å²) in [5, 5.41) is 3.61. The van der Waals surface area contributed by atoms with E-state index in [1.807, 2.05) is 23.1 Å². The second kappa shape index (κ2) is 6.40. The molecule has 0 aromatic heterocycles. The van der Waals surface area contributed by atoms with E-state index in [9.17, 15) is 4.79 Å². The van der Waals surface area contributed by atoms with Gasteiger partial charge in [0.25, 0.3) is 0 Å². The second-order valence-electron chi connectivity index (χ2n) is 7.12. The third-order valence-electron chi connectivity index (χ3n) is 5.46. The maximum Gasteiger partial charge on any atom is 0.227 e. The molecule has 2 aromatic carbocycles. The van der Waals surface area contributed by atoms with Gasteiger partial charge in [0.2, 0.25) is 5.91 Å². The predicted molar refractivity (Wildman–Crippen MR) is 96.7 cm³/mol. The lowest BCUT2D eigenvalue weighted by Crippen LogP contribution is -2.43. The fourth-order valence-corrected chi connectivity index (χ4v) is 4.03. The Balaban J connectivity index is 1.39. The summed E-state index contributed by atoms with van der Waals surface area (Å²) in [7, 11) is 0. The number of nitrogens with zero attached hydrogens (tertiary/aromatic N) is 1. The molecule has 1 amide bonds. The largest absolute Gasteiger partial charge is 0.340 e. The molecule has 0 radical (unpaired) electrons. The zero-order valence-corrected chi connectivity index (χ0v) is 14.0. The molecular formula is C21H24N2O. The molecule has 3 nitrogen and oxygen atoms in total. The van der Waals surface area contributed by atoms with E-state index in [1.54, 1.807) is 0 Å². The Hall–Kier alpha value is -2.13. The van der Waals surface area contributed by atoms with Crippen molar-refractivity contribution < 1.29 is 4.79 Å². The molecule has 1 atom stereocenters. The lowest BCUT2D eigenvalue weighted by atomic mass is 9.97. The fraction of sp³-hybridized carbons (Fsp3) is 0.381. The average molecular weight is 320 g/mol. The molecule has 24 heavy (non-hydrogen) atoms. The lowest BCUT2D eigenvalue weighted by Gasteiger charge is -2.24. The highest BCUT2D eigenvalue weighted by atomic mass is 16.2. The summed E-state index contributed by atoms with van der Waals surface area (Å²) in [4.78, 5) is 14.7. The zero-order valence-electron chi connectivity index (χ0n) is 14.0. The summed E-state index contributed by atoms with van der Waals surface area (Å²) in [6.45, 7) is 2.88. The van der Waals surface area contributed by atoms with Crippen molar-refractivity contribution in [1.29, 1.82) is 0 Å². The van der Waals surface area contributed by atoms with Gasteiger partial charge < -0.3 is 10.2 Å². The Labute approximate surface area is 143 Å². The van der Waals surface area contributed by atoms with Crippen LogP contribution in [0.5, 0.6) is 0 Å². The Morgan fingerprint density at radius 1 is 1.00 bits per heavy atom. The highest BCUT2D eigenvalue weighted by Crippen LogP contribution is 2.30. The van der Waals surface area contributed by atoms with E-state index in [2.05, 4.69) is 41.7 Å². The van der Waals surface area contributed by atoms with Crippen LogP contribution in [0.2, 0.25) is 0 Å². The van der Waals surface area contributed by atoms with Crippen LogP contribution in [0.1, 0.15) is 24.8 Å². The van der Waals surface area contributed by atoms with E-state index in [1.165, 1.54) is 24.0 Å². The van der Waals surface area contributed by atoms with Gasteiger partial charge in [0.15, 0.2) is 0 Å². The normalized spacial score (nSPS) is 23.1. The van der Waals surface area contributed by atoms with Gasteiger partial charge in [-0.1, -0.05) is 54.6 Å². The predicted octanol–water partition coefficient (Wildman–Crippen LogP) is 3.25. The summed E-state index contributed by atoms with van der Waals surface area (Å²) >= 11 is 0. The molecule has 4 rings (SSSR count). The first-order valence-corrected chi connectivity index (χ1v) is 8.91. The summed E-state index contributed by atoms with van der Waals surface area (Å²) in [6.07, 6.45) is 4.06. The van der Waals surface area contributed by atoms with Crippen molar-refractivity contribution >= 4 is 5.91 Å². The number of rotatable bonds is 3. The molecule has 3 heteroatoms. The number of hydrogen-bond acceptors (Lipinski definition) is 2. The quantitative estimate of drug-likeness (QED) is 0.941. The standard InChI is InChI=1S/C21H24N2O/c24-20(23-14-12-21(16-23)11-4-13-22-21)15-17-7-9-19(10-8-17)18-5-2-1-3-6-18/h1-3,5-10,22H,4,11-16H2. The van der Waals surface area contributed by atoms with Gasteiger partial charge in [0.05, 0.1) is 6.42 Å². The van der Waals surface area contributed by atoms with Gasteiger partial charge in [-0.2, -0.15) is 0 Å². The SMILES string of the molecule is O=C(Cc1ccc(-c2ccccc2)cc1)N1CCC2(CCCN2)C1. The Bertz CT molecular complexity index is 702. The number of likely N-dealkylation sites (tertiary alicyclic amines) is 1. The van der Waals surface area contributed by atoms with Crippen molar-refractivity contribution in [2.24, 2.45) is 0 Å². The molecule has 2 fully saturated rings. The van der Waals surface area contributed by atoms with E-state index >= 15 is 0 Å². The summed E-state index contributed by atoms with van der Waals surface area (Å²) in [5.41, 5.74) is 3.72. The first kappa shape index (κ1) is 15.4. The molecule has 0 bridgehead atoms. The van der Waals surface area contributed by atoms with Gasteiger partial charge in [0, 0.05) is 18.6 Å². The first-order valence-electron chi connectivity index (χ1n) is 8.91. The maximum absolute atomic E-state index is 12.6. The minimum Gasteiger partial charge on any atom is -0.340 e. The molecule has 1 N–H and O–H groups in total. The monoisotopic (exact) mass is 320 g/mol. The molecule has 1 unspecified atom stereocenters. The number of benzene rings is 2. The molecule has 1 spiro atoms. The maximum atomic E-state index is 12.6. The zero-order chi connectivity index (χ0) is 16.4. The van der Waals surface area contributed by atoms with Crippen molar-refractivity contribution in [3.8, 4) is 11.1 Å². The van der Waals surface area contributed by atoms with E-state index in [0.29, 0.717) is 6.42 Å². The van der Waals surface area contributed by atoms with Gasteiger partial charge in [-0.3, -0.25) is 4.79 Å². The second-order valence-corrected chi connectivity index (χ2v) is 7.12. The molecule has 2 aliphatic rings. The average Bonchev–Trinajstić information content (AvgIpc) is 3.27. The number of carbonyl (C=O) groups excluding carboxylic acids is 1. The first-order chi connectivity index (χ1) is 11.7. The highest BCUT2D eigenvalue weighted by Gasteiger charge is 2.41. The molecule has 2 heterocycles. The molecule has 124 valence electrons. The Morgan fingerprint density at radius 2 is 1.75 bits per heavy atom. The number of carbonyl (C=O) groups is 1. The number of hydrogen-bond donors (Lipinski definition) is 1. The summed E-state index contributed by atoms with van der Waals surface area (Å²) < 4.78 is 0. The van der Waals surface area contributed by atoms with Crippen LogP contribution >= 0.6 is 0 Å². The van der Waals surface area contributed by atoms with Crippen LogP contribution in [0.15, 0.2) is 54.6 Å². The minimum atomic E-state index is 0.215. The molecular weight excluding hydrogens is 296 g/mol. The van der Waals surface area contributed by atoms with Gasteiger partial charge in [-0.15, -0.1) is 0 Å². The van der Waals surface area contributed by atoms with E-state index < -0.39 is 0 Å². The topological polar surface area (TPSA) is 32.3 Å². The summed E-state index contributed by atoms with van der Waals surface area (Å²) in [5.74, 6) is 0.257. The van der Waals surface area contributed by atoms with Crippen LogP contribution in [-0.4, -0.2) is 36.0 Å². The third kappa shape index (κ3) is 3.09. The Morgan fingerprint density at radius 3 is 2.46 bits per heavy atom. The van der Waals surface area contributed by atoms with Crippen molar-refractivity contribution in [2.75, 3.05) is 19.6 Å². The Kier molecular flexibility index (Phi) is 4.11. The van der Waals surface area contributed by atoms with Crippen molar-refractivity contribution in [1.82, 2.24) is 10.2 Å². The van der Waals surface area contributed by atoms with Gasteiger partial charge in [-0.05, 0) is 42.5 Å². The molecule has 0 aliphatic carbocycles. The van der Waals surface area contributed by atoms with E-state index in [0.717, 1.165) is 31.6 Å². The fourth-order valence-electron chi connectivity index (χ4n) is 4.03. The van der Waals surface area contributed by atoms with Crippen LogP contribution in [0, 0.1) is 0 Å². The molecule has 2 aliphatic heterocycles. The van der Waals surface area contributed by atoms with Crippen LogP contribution in [0.25, 0.3) is 11.1 Å². The van der Waals surface area contributed by atoms with E-state index in [4.69, 9.17) is 0 Å². The lowest BCUT2D eigenvalue weighted by molar-refractivity contribution is -0.129. The van der Waals surface area contributed by atoms with Crippen LogP contribution in [0.3, 0.4) is 0 Å². The smallest absolute Gasteiger partial charge is 0.227 e. The minimum absolute atomic E-state index is 0.215. The van der Waals surface area contributed by atoms with Crippen LogP contribution in [0.4, 0.5) is 0 Å². The van der Waals surface area contributed by atoms with Crippen LogP contribution in [-0.2, 0) is 11.2 Å². The van der Waals surface area contributed by atoms with Crippen LogP contribution < -0.4 is 5.32 Å². The van der Waals surface area contributed by atoms with E-state index in [-0.39, 0.29) is 11.4 Å². The molecule has 2 saturated heterocycles. The molecule has 0 saturated carbocycles. The van der Waals surface area contributed by atoms with Gasteiger partial charge >= 0.3 is 0 Å². The number of amides is 1. The van der Waals surface area contributed by atoms with Crippen molar-refractivity contribution in [2.45, 2.75) is 31.2 Å².